The first-order chi connectivity index (χ1) is 11.2. The summed E-state index contributed by atoms with van der Waals surface area (Å²) in [6.45, 7) is 9.22. The average Bonchev–Trinajstić information content (AvgIpc) is 3.17. The van der Waals surface area contributed by atoms with Crippen LogP contribution in [-0.4, -0.2) is 54.2 Å². The van der Waals surface area contributed by atoms with Gasteiger partial charge in [-0.1, -0.05) is 19.9 Å². The van der Waals surface area contributed by atoms with E-state index in [4.69, 9.17) is 4.74 Å². The van der Waals surface area contributed by atoms with Crippen LogP contribution in [0, 0.1) is 0 Å². The lowest BCUT2D eigenvalue weighted by molar-refractivity contribution is -0.128. The highest BCUT2D eigenvalue weighted by Crippen LogP contribution is 2.40. The van der Waals surface area contributed by atoms with Gasteiger partial charge in [-0.2, -0.15) is 0 Å². The van der Waals surface area contributed by atoms with Gasteiger partial charge in [0.05, 0.1) is 12.4 Å². The summed E-state index contributed by atoms with van der Waals surface area (Å²) in [5.41, 5.74) is 2.53. The van der Waals surface area contributed by atoms with Crippen LogP contribution in [0.25, 0.3) is 0 Å². The third-order valence-electron chi connectivity index (χ3n) is 4.73. The van der Waals surface area contributed by atoms with Crippen LogP contribution < -0.4 is 4.74 Å². The van der Waals surface area contributed by atoms with Gasteiger partial charge in [-0.15, -0.1) is 11.8 Å². The summed E-state index contributed by atoms with van der Waals surface area (Å²) in [6, 6.07) is 6.42. The Balaban J connectivity index is 1.65. The Hall–Kier alpha value is -1.20. The maximum atomic E-state index is 12.3. The van der Waals surface area contributed by atoms with E-state index >= 15 is 0 Å². The average molecular weight is 334 g/mol. The smallest absolute Gasteiger partial charge is 0.233 e. The SMILES string of the molecule is CCN(CC)CCCN1C(=O)CSC1c1ccc2c(c1)CCO2. The minimum atomic E-state index is 0.171. The lowest BCUT2D eigenvalue weighted by Crippen LogP contribution is -2.32. The van der Waals surface area contributed by atoms with Gasteiger partial charge in [0.1, 0.15) is 11.1 Å². The van der Waals surface area contributed by atoms with E-state index in [9.17, 15) is 4.79 Å². The molecule has 0 radical (unpaired) electrons. The molecule has 126 valence electrons. The molecule has 2 aliphatic rings. The Bertz CT molecular complexity index is 560. The van der Waals surface area contributed by atoms with E-state index in [2.05, 4.69) is 41.8 Å². The summed E-state index contributed by atoms with van der Waals surface area (Å²) in [7, 11) is 0. The van der Waals surface area contributed by atoms with E-state index < -0.39 is 0 Å². The van der Waals surface area contributed by atoms with Gasteiger partial charge in [0, 0.05) is 13.0 Å². The van der Waals surface area contributed by atoms with Crippen molar-refractivity contribution in [3.8, 4) is 5.75 Å². The molecule has 1 amide bonds. The molecule has 1 unspecified atom stereocenters. The molecular formula is C18H26N2O2S. The molecule has 23 heavy (non-hydrogen) atoms. The molecule has 0 bridgehead atoms. The van der Waals surface area contributed by atoms with Gasteiger partial charge >= 0.3 is 0 Å². The minimum absolute atomic E-state index is 0.171. The number of carbonyl (C=O) groups excluding carboxylic acids is 1. The highest BCUT2D eigenvalue weighted by Gasteiger charge is 2.33. The van der Waals surface area contributed by atoms with Crippen molar-refractivity contribution in [3.05, 3.63) is 29.3 Å². The van der Waals surface area contributed by atoms with Crippen molar-refractivity contribution in [2.45, 2.75) is 32.1 Å². The molecule has 0 aromatic heterocycles. The second-order valence-corrected chi connectivity index (χ2v) is 7.17. The molecule has 5 heteroatoms. The molecule has 2 heterocycles. The number of amides is 1. The number of ether oxygens (including phenoxy) is 1. The lowest BCUT2D eigenvalue weighted by atomic mass is 10.1. The monoisotopic (exact) mass is 334 g/mol. The third-order valence-corrected chi connectivity index (χ3v) is 5.99. The fourth-order valence-electron chi connectivity index (χ4n) is 3.34. The van der Waals surface area contributed by atoms with Crippen LogP contribution in [0.2, 0.25) is 0 Å². The number of fused-ring (bicyclic) bond motifs is 1. The lowest BCUT2D eigenvalue weighted by Gasteiger charge is -2.26. The highest BCUT2D eigenvalue weighted by atomic mass is 32.2. The number of rotatable bonds is 7. The van der Waals surface area contributed by atoms with Gasteiger partial charge in [-0.3, -0.25) is 4.79 Å². The van der Waals surface area contributed by atoms with Gasteiger partial charge in [0.25, 0.3) is 0 Å². The minimum Gasteiger partial charge on any atom is -0.493 e. The van der Waals surface area contributed by atoms with Crippen LogP contribution in [0.3, 0.4) is 0 Å². The summed E-state index contributed by atoms with van der Waals surface area (Å²) in [6.07, 6.45) is 2.02. The molecule has 1 fully saturated rings. The van der Waals surface area contributed by atoms with Gasteiger partial charge in [-0.25, -0.2) is 0 Å². The van der Waals surface area contributed by atoms with E-state index in [0.29, 0.717) is 5.75 Å². The third kappa shape index (κ3) is 3.66. The zero-order chi connectivity index (χ0) is 16.2. The van der Waals surface area contributed by atoms with Crippen molar-refractivity contribution in [2.24, 2.45) is 0 Å². The van der Waals surface area contributed by atoms with Crippen LogP contribution in [0.15, 0.2) is 18.2 Å². The van der Waals surface area contributed by atoms with E-state index in [-0.39, 0.29) is 11.3 Å². The highest BCUT2D eigenvalue weighted by molar-refractivity contribution is 8.00. The van der Waals surface area contributed by atoms with Crippen LogP contribution in [-0.2, 0) is 11.2 Å². The maximum Gasteiger partial charge on any atom is 0.233 e. The van der Waals surface area contributed by atoms with Crippen molar-refractivity contribution in [2.75, 3.05) is 38.5 Å². The van der Waals surface area contributed by atoms with Crippen molar-refractivity contribution >= 4 is 17.7 Å². The number of hydrogen-bond donors (Lipinski definition) is 0. The largest absolute Gasteiger partial charge is 0.493 e. The maximum absolute atomic E-state index is 12.3. The van der Waals surface area contributed by atoms with Gasteiger partial charge < -0.3 is 14.5 Å². The molecule has 0 aliphatic carbocycles. The van der Waals surface area contributed by atoms with Gasteiger partial charge in [0.15, 0.2) is 0 Å². The summed E-state index contributed by atoms with van der Waals surface area (Å²) in [4.78, 5) is 16.7. The molecule has 1 aromatic carbocycles. The van der Waals surface area contributed by atoms with E-state index in [1.54, 1.807) is 11.8 Å². The summed E-state index contributed by atoms with van der Waals surface area (Å²) >= 11 is 1.75. The number of carbonyl (C=O) groups is 1. The summed E-state index contributed by atoms with van der Waals surface area (Å²) in [5, 5.41) is 0.171. The first kappa shape index (κ1) is 16.7. The Morgan fingerprint density at radius 1 is 1.35 bits per heavy atom. The number of benzene rings is 1. The number of nitrogens with zero attached hydrogens (tertiary/aromatic N) is 2. The van der Waals surface area contributed by atoms with Crippen LogP contribution >= 0.6 is 11.8 Å². The van der Waals surface area contributed by atoms with Crippen molar-refractivity contribution < 1.29 is 9.53 Å². The van der Waals surface area contributed by atoms with Crippen molar-refractivity contribution in [1.82, 2.24) is 9.80 Å². The Labute approximate surface area is 143 Å². The molecule has 4 nitrogen and oxygen atoms in total. The molecule has 0 saturated carbocycles. The van der Waals surface area contributed by atoms with E-state index in [0.717, 1.165) is 51.4 Å². The van der Waals surface area contributed by atoms with Gasteiger partial charge in [0.2, 0.25) is 5.91 Å². The molecule has 0 spiro atoms. The standard InChI is InChI=1S/C18H26N2O2S/c1-3-19(4-2)9-5-10-20-17(21)13-23-18(20)15-6-7-16-14(12-15)8-11-22-16/h6-7,12,18H,3-5,8-11,13H2,1-2H3. The first-order valence-corrected chi connectivity index (χ1v) is 9.66. The quantitative estimate of drug-likeness (QED) is 0.767. The molecule has 3 rings (SSSR count). The predicted molar refractivity (Wildman–Crippen MR) is 95.0 cm³/mol. The first-order valence-electron chi connectivity index (χ1n) is 8.62. The predicted octanol–water partition coefficient (Wildman–Crippen LogP) is 2.93. The van der Waals surface area contributed by atoms with Crippen LogP contribution in [0.4, 0.5) is 0 Å². The second-order valence-electron chi connectivity index (χ2n) is 6.10. The Morgan fingerprint density at radius 2 is 2.17 bits per heavy atom. The van der Waals surface area contributed by atoms with Crippen molar-refractivity contribution in [1.29, 1.82) is 0 Å². The van der Waals surface area contributed by atoms with Crippen molar-refractivity contribution in [3.63, 3.8) is 0 Å². The van der Waals surface area contributed by atoms with Gasteiger partial charge in [-0.05, 0) is 49.3 Å². The molecule has 2 aliphatic heterocycles. The second kappa shape index (κ2) is 7.58. The Kier molecular flexibility index (Phi) is 5.49. The normalized spacial score (nSPS) is 20.2. The van der Waals surface area contributed by atoms with E-state index in [1.165, 1.54) is 11.1 Å². The summed E-state index contributed by atoms with van der Waals surface area (Å²) in [5.74, 6) is 1.89. The van der Waals surface area contributed by atoms with Crippen LogP contribution in [0.5, 0.6) is 5.75 Å². The van der Waals surface area contributed by atoms with E-state index in [1.807, 2.05) is 0 Å². The zero-order valence-electron chi connectivity index (χ0n) is 14.1. The number of thioether (sulfide) groups is 1. The Morgan fingerprint density at radius 3 is 2.96 bits per heavy atom. The molecule has 1 aromatic rings. The molecule has 1 atom stereocenters. The zero-order valence-corrected chi connectivity index (χ0v) is 14.9. The molecular weight excluding hydrogens is 308 g/mol. The van der Waals surface area contributed by atoms with Crippen LogP contribution in [0.1, 0.15) is 36.8 Å². The fraction of sp³-hybridized carbons (Fsp3) is 0.611. The fourth-order valence-corrected chi connectivity index (χ4v) is 4.54. The summed E-state index contributed by atoms with van der Waals surface area (Å²) < 4.78 is 5.59. The topological polar surface area (TPSA) is 32.8 Å². The molecule has 0 N–H and O–H groups in total. The number of hydrogen-bond acceptors (Lipinski definition) is 4. The molecule has 1 saturated heterocycles.